The second kappa shape index (κ2) is 6.23. The van der Waals surface area contributed by atoms with Crippen molar-refractivity contribution in [2.24, 2.45) is 0 Å². The first-order valence-corrected chi connectivity index (χ1v) is 6.75. The molecule has 2 N–H and O–H groups in total. The summed E-state index contributed by atoms with van der Waals surface area (Å²) >= 11 is 15.0. The van der Waals surface area contributed by atoms with Crippen molar-refractivity contribution in [2.45, 2.75) is 0 Å². The molecule has 1 aromatic heterocycles. The normalized spacial score (nSPS) is 10.1. The lowest BCUT2D eigenvalue weighted by Crippen LogP contribution is -2.19. The molecule has 7 heteroatoms. The number of anilines is 2. The van der Waals surface area contributed by atoms with Crippen LogP contribution in [0.3, 0.4) is 0 Å². The molecule has 2 aromatic rings. The maximum Gasteiger partial charge on any atom is 0.323 e. The first-order valence-electron chi connectivity index (χ1n) is 5.20. The third-order valence-electron chi connectivity index (χ3n) is 2.18. The Morgan fingerprint density at radius 3 is 2.58 bits per heavy atom. The predicted molar refractivity (Wildman–Crippen MR) is 81.0 cm³/mol. The molecule has 0 aliphatic carbocycles. The first kappa shape index (κ1) is 14.1. The predicted octanol–water partition coefficient (Wildman–Crippen LogP) is 4.79. The van der Waals surface area contributed by atoms with Gasteiger partial charge in [0.25, 0.3) is 0 Å². The maximum absolute atomic E-state index is 11.8. The van der Waals surface area contributed by atoms with Crippen molar-refractivity contribution in [3.63, 3.8) is 0 Å². The van der Waals surface area contributed by atoms with Crippen molar-refractivity contribution in [1.29, 1.82) is 0 Å². The highest BCUT2D eigenvalue weighted by atomic mass is 79.9. The van der Waals surface area contributed by atoms with Gasteiger partial charge in [0.15, 0.2) is 0 Å². The molecule has 19 heavy (non-hydrogen) atoms. The summed E-state index contributed by atoms with van der Waals surface area (Å²) in [5.41, 5.74) is 1.01. The summed E-state index contributed by atoms with van der Waals surface area (Å²) in [6.45, 7) is 0. The highest BCUT2D eigenvalue weighted by Crippen LogP contribution is 2.23. The zero-order valence-corrected chi connectivity index (χ0v) is 12.6. The number of amides is 2. The molecule has 2 rings (SSSR count). The van der Waals surface area contributed by atoms with E-state index in [1.807, 2.05) is 0 Å². The van der Waals surface area contributed by atoms with E-state index in [9.17, 15) is 4.79 Å². The van der Waals surface area contributed by atoms with Crippen LogP contribution in [0.2, 0.25) is 10.0 Å². The number of halogens is 3. The molecule has 0 aliphatic rings. The Morgan fingerprint density at radius 2 is 1.89 bits per heavy atom. The number of hydrogen-bond acceptors (Lipinski definition) is 2. The summed E-state index contributed by atoms with van der Waals surface area (Å²) in [4.78, 5) is 15.7. The number of pyridine rings is 1. The van der Waals surface area contributed by atoms with Crippen LogP contribution in [0.4, 0.5) is 16.2 Å². The summed E-state index contributed by atoms with van der Waals surface area (Å²) in [5, 5.41) is 6.11. The molecule has 0 spiro atoms. The van der Waals surface area contributed by atoms with Crippen molar-refractivity contribution >= 4 is 56.5 Å². The number of rotatable bonds is 2. The topological polar surface area (TPSA) is 54.0 Å². The first-order chi connectivity index (χ1) is 9.06. The van der Waals surface area contributed by atoms with Crippen LogP contribution >= 0.6 is 39.1 Å². The molecule has 98 valence electrons. The van der Waals surface area contributed by atoms with Crippen LogP contribution in [0.1, 0.15) is 0 Å². The van der Waals surface area contributed by atoms with Gasteiger partial charge in [-0.2, -0.15) is 0 Å². The molecule has 0 atom stereocenters. The van der Waals surface area contributed by atoms with Gasteiger partial charge in [0.1, 0.15) is 4.60 Å². The maximum atomic E-state index is 11.8. The highest BCUT2D eigenvalue weighted by molar-refractivity contribution is 9.10. The van der Waals surface area contributed by atoms with Gasteiger partial charge in [-0.05, 0) is 34.1 Å². The molecule has 1 aromatic carbocycles. The quantitative estimate of drug-likeness (QED) is 0.756. The van der Waals surface area contributed by atoms with Gasteiger partial charge >= 0.3 is 6.03 Å². The average Bonchev–Trinajstić information content (AvgIpc) is 2.37. The largest absolute Gasteiger partial charge is 0.323 e. The number of benzene rings is 1. The summed E-state index contributed by atoms with van der Waals surface area (Å²) in [5.74, 6) is 0. The molecule has 0 radical (unpaired) electrons. The molecular weight excluding hydrogens is 353 g/mol. The Kier molecular flexibility index (Phi) is 4.63. The molecule has 0 saturated heterocycles. The number of carbonyl (C=O) groups is 1. The van der Waals surface area contributed by atoms with Crippen LogP contribution < -0.4 is 10.6 Å². The van der Waals surface area contributed by atoms with E-state index in [4.69, 9.17) is 23.2 Å². The van der Waals surface area contributed by atoms with Gasteiger partial charge in [0, 0.05) is 0 Å². The SMILES string of the molecule is O=C(Nc1cnc(Br)c(Cl)c1)Nc1ccccc1Cl. The van der Waals surface area contributed by atoms with Gasteiger partial charge < -0.3 is 10.6 Å². The third kappa shape index (κ3) is 3.83. The highest BCUT2D eigenvalue weighted by Gasteiger charge is 2.07. The van der Waals surface area contributed by atoms with Crippen molar-refractivity contribution in [3.05, 3.63) is 51.2 Å². The van der Waals surface area contributed by atoms with Gasteiger partial charge in [-0.15, -0.1) is 0 Å². The fourth-order valence-corrected chi connectivity index (χ4v) is 1.90. The summed E-state index contributed by atoms with van der Waals surface area (Å²) in [6, 6.07) is 8.12. The van der Waals surface area contributed by atoms with Crippen LogP contribution in [0.25, 0.3) is 0 Å². The van der Waals surface area contributed by atoms with E-state index in [1.54, 1.807) is 30.3 Å². The van der Waals surface area contributed by atoms with E-state index < -0.39 is 6.03 Å². The zero-order valence-electron chi connectivity index (χ0n) is 9.45. The van der Waals surface area contributed by atoms with E-state index in [1.165, 1.54) is 6.20 Å². The molecule has 0 aliphatic heterocycles. The lowest BCUT2D eigenvalue weighted by molar-refractivity contribution is 0.262. The van der Waals surface area contributed by atoms with Crippen molar-refractivity contribution in [3.8, 4) is 0 Å². The molecule has 1 heterocycles. The Hall–Kier alpha value is -1.30. The van der Waals surface area contributed by atoms with Crippen LogP contribution in [-0.2, 0) is 0 Å². The summed E-state index contributed by atoms with van der Waals surface area (Å²) in [6.07, 6.45) is 1.49. The number of hydrogen-bond donors (Lipinski definition) is 2. The Bertz CT molecular complexity index is 622. The zero-order chi connectivity index (χ0) is 13.8. The molecule has 2 amide bonds. The minimum atomic E-state index is -0.423. The van der Waals surface area contributed by atoms with Gasteiger partial charge in [0.2, 0.25) is 0 Å². The van der Waals surface area contributed by atoms with Crippen LogP contribution in [0.5, 0.6) is 0 Å². The van der Waals surface area contributed by atoms with E-state index in [0.29, 0.717) is 26.0 Å². The number of aromatic nitrogens is 1. The summed E-state index contributed by atoms with van der Waals surface area (Å²) < 4.78 is 0.520. The number of para-hydroxylation sites is 1. The molecule has 0 fully saturated rings. The average molecular weight is 361 g/mol. The lowest BCUT2D eigenvalue weighted by Gasteiger charge is -2.09. The van der Waals surface area contributed by atoms with Crippen LogP contribution in [-0.4, -0.2) is 11.0 Å². The monoisotopic (exact) mass is 359 g/mol. The molecule has 4 nitrogen and oxygen atoms in total. The fourth-order valence-electron chi connectivity index (χ4n) is 1.34. The fraction of sp³-hybridized carbons (Fsp3) is 0. The van der Waals surface area contributed by atoms with E-state index in [-0.39, 0.29) is 0 Å². The number of nitrogens with one attached hydrogen (secondary N) is 2. The second-order valence-corrected chi connectivity index (χ2v) is 5.12. The van der Waals surface area contributed by atoms with Crippen LogP contribution in [0.15, 0.2) is 41.1 Å². The van der Waals surface area contributed by atoms with Gasteiger partial charge in [-0.25, -0.2) is 9.78 Å². The van der Waals surface area contributed by atoms with Crippen LogP contribution in [0, 0.1) is 0 Å². The Labute approximate surface area is 128 Å². The van der Waals surface area contributed by atoms with E-state index in [2.05, 4.69) is 31.5 Å². The molecule has 0 unspecified atom stereocenters. The smallest absolute Gasteiger partial charge is 0.306 e. The molecule has 0 bridgehead atoms. The minimum Gasteiger partial charge on any atom is -0.306 e. The molecule has 0 saturated carbocycles. The minimum absolute atomic E-state index is 0.413. The lowest BCUT2D eigenvalue weighted by atomic mass is 10.3. The number of nitrogens with zero attached hydrogens (tertiary/aromatic N) is 1. The Morgan fingerprint density at radius 1 is 1.16 bits per heavy atom. The molecular formula is C12H8BrCl2N3O. The number of carbonyl (C=O) groups excluding carboxylic acids is 1. The summed E-state index contributed by atoms with van der Waals surface area (Å²) in [7, 11) is 0. The van der Waals surface area contributed by atoms with Crippen molar-refractivity contribution in [2.75, 3.05) is 10.6 Å². The van der Waals surface area contributed by atoms with Gasteiger partial charge in [-0.1, -0.05) is 35.3 Å². The third-order valence-corrected chi connectivity index (χ3v) is 3.65. The van der Waals surface area contributed by atoms with Gasteiger partial charge in [0.05, 0.1) is 27.6 Å². The second-order valence-electron chi connectivity index (χ2n) is 3.56. The number of urea groups is 1. The Balaban J connectivity index is 2.05. The van der Waals surface area contributed by atoms with E-state index in [0.717, 1.165) is 0 Å². The standard InChI is InChI=1S/C12H8BrCl2N3O/c13-11-9(15)5-7(6-16-11)17-12(19)18-10-4-2-1-3-8(10)14/h1-6H,(H2,17,18,19). The van der Waals surface area contributed by atoms with Gasteiger partial charge in [-0.3, -0.25) is 0 Å². The van der Waals surface area contributed by atoms with Crippen molar-refractivity contribution in [1.82, 2.24) is 4.98 Å². The van der Waals surface area contributed by atoms with Crippen molar-refractivity contribution < 1.29 is 4.79 Å². The van der Waals surface area contributed by atoms with E-state index >= 15 is 0 Å².